The molecule has 0 aliphatic carbocycles. The summed E-state index contributed by atoms with van der Waals surface area (Å²) in [6, 6.07) is 0. The smallest absolute Gasteiger partial charge is 0.233 e. The second kappa shape index (κ2) is 9.07. The standard InChI is InChI=1S/C12H21NO3/c1-3-4-5-6-7-8-11(15)9-12(16)13-10(2)14/h3-9H2,1-2H3,(H,13,14,16). The zero-order valence-electron chi connectivity index (χ0n) is 10.2. The van der Waals surface area contributed by atoms with Gasteiger partial charge in [0.2, 0.25) is 11.8 Å². The third-order valence-corrected chi connectivity index (χ3v) is 2.23. The minimum Gasteiger partial charge on any atom is -0.299 e. The van der Waals surface area contributed by atoms with Gasteiger partial charge in [0.05, 0.1) is 6.42 Å². The Kier molecular flexibility index (Phi) is 8.39. The molecule has 0 radical (unpaired) electrons. The van der Waals surface area contributed by atoms with Crippen LogP contribution in [0.2, 0.25) is 0 Å². The van der Waals surface area contributed by atoms with Crippen LogP contribution in [-0.2, 0) is 14.4 Å². The van der Waals surface area contributed by atoms with E-state index in [-0.39, 0.29) is 12.2 Å². The lowest BCUT2D eigenvalue weighted by atomic mass is 10.1. The summed E-state index contributed by atoms with van der Waals surface area (Å²) in [5.74, 6) is -0.998. The molecule has 0 atom stereocenters. The second-order valence-corrected chi connectivity index (χ2v) is 3.98. The number of rotatable bonds is 8. The van der Waals surface area contributed by atoms with Gasteiger partial charge in [-0.1, -0.05) is 32.6 Å². The molecule has 0 fully saturated rings. The van der Waals surface area contributed by atoms with E-state index in [0.717, 1.165) is 19.3 Å². The molecule has 4 heteroatoms. The molecule has 0 bridgehead atoms. The van der Waals surface area contributed by atoms with E-state index in [1.807, 2.05) is 0 Å². The van der Waals surface area contributed by atoms with Crippen molar-refractivity contribution in [2.75, 3.05) is 0 Å². The number of amides is 2. The maximum absolute atomic E-state index is 11.3. The van der Waals surface area contributed by atoms with Crippen LogP contribution in [0.5, 0.6) is 0 Å². The number of carbonyl (C=O) groups excluding carboxylic acids is 3. The number of hydrogen-bond donors (Lipinski definition) is 1. The zero-order chi connectivity index (χ0) is 12.4. The Hall–Kier alpha value is -1.19. The van der Waals surface area contributed by atoms with Crippen LogP contribution in [0.25, 0.3) is 0 Å². The molecule has 4 nitrogen and oxygen atoms in total. The van der Waals surface area contributed by atoms with Gasteiger partial charge in [-0.15, -0.1) is 0 Å². The second-order valence-electron chi connectivity index (χ2n) is 3.98. The summed E-state index contributed by atoms with van der Waals surface area (Å²) in [6.45, 7) is 3.39. The summed E-state index contributed by atoms with van der Waals surface area (Å²) >= 11 is 0. The Bertz CT molecular complexity index is 249. The lowest BCUT2D eigenvalue weighted by molar-refractivity contribution is -0.132. The first-order valence-corrected chi connectivity index (χ1v) is 5.88. The van der Waals surface area contributed by atoms with Crippen molar-refractivity contribution < 1.29 is 14.4 Å². The van der Waals surface area contributed by atoms with Crippen molar-refractivity contribution in [2.24, 2.45) is 0 Å². The fourth-order valence-corrected chi connectivity index (χ4v) is 1.43. The van der Waals surface area contributed by atoms with E-state index >= 15 is 0 Å². The van der Waals surface area contributed by atoms with E-state index in [9.17, 15) is 14.4 Å². The number of imide groups is 1. The molecule has 1 N–H and O–H groups in total. The number of ketones is 1. The molecule has 0 spiro atoms. The van der Waals surface area contributed by atoms with Gasteiger partial charge in [-0.3, -0.25) is 19.7 Å². The summed E-state index contributed by atoms with van der Waals surface area (Å²) in [7, 11) is 0. The molecule has 0 aliphatic heterocycles. The van der Waals surface area contributed by atoms with E-state index < -0.39 is 11.8 Å². The van der Waals surface area contributed by atoms with Crippen molar-refractivity contribution in [2.45, 2.75) is 58.8 Å². The molecule has 0 aromatic heterocycles. The van der Waals surface area contributed by atoms with Gasteiger partial charge in [0.1, 0.15) is 5.78 Å². The number of unbranched alkanes of at least 4 members (excludes halogenated alkanes) is 4. The molecule has 0 saturated heterocycles. The minimum absolute atomic E-state index is 0.0877. The highest BCUT2D eigenvalue weighted by molar-refractivity contribution is 6.04. The summed E-state index contributed by atoms with van der Waals surface area (Å²) < 4.78 is 0. The monoisotopic (exact) mass is 227 g/mol. The fraction of sp³-hybridized carbons (Fsp3) is 0.750. The van der Waals surface area contributed by atoms with Crippen molar-refractivity contribution in [3.63, 3.8) is 0 Å². The van der Waals surface area contributed by atoms with Crippen LogP contribution in [0.15, 0.2) is 0 Å². The fourth-order valence-electron chi connectivity index (χ4n) is 1.43. The van der Waals surface area contributed by atoms with Gasteiger partial charge in [0, 0.05) is 13.3 Å². The number of carbonyl (C=O) groups is 3. The van der Waals surface area contributed by atoms with Crippen LogP contribution in [-0.4, -0.2) is 17.6 Å². The van der Waals surface area contributed by atoms with E-state index in [0.29, 0.717) is 6.42 Å². The van der Waals surface area contributed by atoms with Gasteiger partial charge in [-0.25, -0.2) is 0 Å². The molecular weight excluding hydrogens is 206 g/mol. The van der Waals surface area contributed by atoms with Crippen LogP contribution in [0, 0.1) is 0 Å². The number of hydrogen-bond acceptors (Lipinski definition) is 3. The molecule has 0 unspecified atom stereocenters. The van der Waals surface area contributed by atoms with Crippen molar-refractivity contribution >= 4 is 17.6 Å². The Morgan fingerprint density at radius 3 is 2.19 bits per heavy atom. The lowest BCUT2D eigenvalue weighted by Crippen LogP contribution is -2.29. The highest BCUT2D eigenvalue weighted by Gasteiger charge is 2.09. The number of Topliss-reactive ketones (excluding diaryl/α,β-unsaturated/α-hetero) is 1. The van der Waals surface area contributed by atoms with Crippen molar-refractivity contribution in [1.29, 1.82) is 0 Å². The molecule has 0 aromatic rings. The molecule has 2 amide bonds. The van der Waals surface area contributed by atoms with E-state index in [2.05, 4.69) is 12.2 Å². The molecule has 0 aliphatic rings. The molecule has 92 valence electrons. The van der Waals surface area contributed by atoms with Gasteiger partial charge in [0.15, 0.2) is 0 Å². The predicted octanol–water partition coefficient (Wildman–Crippen LogP) is 1.97. The van der Waals surface area contributed by atoms with E-state index in [1.54, 1.807) is 0 Å². The van der Waals surface area contributed by atoms with Crippen molar-refractivity contribution in [1.82, 2.24) is 5.32 Å². The van der Waals surface area contributed by atoms with Gasteiger partial charge in [0.25, 0.3) is 0 Å². The average molecular weight is 227 g/mol. The topological polar surface area (TPSA) is 63.2 Å². The van der Waals surface area contributed by atoms with Gasteiger partial charge >= 0.3 is 0 Å². The van der Waals surface area contributed by atoms with Crippen LogP contribution < -0.4 is 5.32 Å². The first-order valence-electron chi connectivity index (χ1n) is 5.88. The summed E-state index contributed by atoms with van der Waals surface area (Å²) in [5, 5.41) is 2.09. The minimum atomic E-state index is -0.494. The first kappa shape index (κ1) is 14.8. The summed E-state index contributed by atoms with van der Waals surface area (Å²) in [6.07, 6.45) is 5.65. The third kappa shape index (κ3) is 9.37. The molecular formula is C12H21NO3. The average Bonchev–Trinajstić information content (AvgIpc) is 2.15. The first-order chi connectivity index (χ1) is 7.56. The van der Waals surface area contributed by atoms with E-state index in [1.165, 1.54) is 19.8 Å². The molecule has 16 heavy (non-hydrogen) atoms. The Morgan fingerprint density at radius 2 is 1.62 bits per heavy atom. The quantitative estimate of drug-likeness (QED) is 0.509. The maximum Gasteiger partial charge on any atom is 0.233 e. The highest BCUT2D eigenvalue weighted by atomic mass is 16.2. The maximum atomic E-state index is 11.3. The van der Waals surface area contributed by atoms with Crippen LogP contribution >= 0.6 is 0 Å². The molecule has 0 rings (SSSR count). The largest absolute Gasteiger partial charge is 0.299 e. The van der Waals surface area contributed by atoms with Crippen molar-refractivity contribution in [3.8, 4) is 0 Å². The third-order valence-electron chi connectivity index (χ3n) is 2.23. The number of nitrogens with one attached hydrogen (secondary N) is 1. The van der Waals surface area contributed by atoms with Crippen LogP contribution in [0.4, 0.5) is 0 Å². The Morgan fingerprint density at radius 1 is 1.00 bits per heavy atom. The van der Waals surface area contributed by atoms with Gasteiger partial charge in [-0.2, -0.15) is 0 Å². The molecule has 0 heterocycles. The van der Waals surface area contributed by atoms with Crippen LogP contribution in [0.1, 0.15) is 58.8 Å². The van der Waals surface area contributed by atoms with Gasteiger partial charge < -0.3 is 0 Å². The van der Waals surface area contributed by atoms with E-state index in [4.69, 9.17) is 0 Å². The van der Waals surface area contributed by atoms with Crippen molar-refractivity contribution in [3.05, 3.63) is 0 Å². The lowest BCUT2D eigenvalue weighted by Gasteiger charge is -2.01. The van der Waals surface area contributed by atoms with Crippen LogP contribution in [0.3, 0.4) is 0 Å². The molecule has 0 saturated carbocycles. The zero-order valence-corrected chi connectivity index (χ0v) is 10.2. The normalized spacial score (nSPS) is 9.88. The SMILES string of the molecule is CCCCCCCC(=O)CC(=O)NC(C)=O. The Balaban J connectivity index is 3.51. The highest BCUT2D eigenvalue weighted by Crippen LogP contribution is 2.06. The summed E-state index contributed by atoms with van der Waals surface area (Å²) in [5.41, 5.74) is 0. The molecule has 0 aromatic carbocycles. The summed E-state index contributed by atoms with van der Waals surface area (Å²) in [4.78, 5) is 32.9. The Labute approximate surface area is 96.8 Å². The predicted molar refractivity (Wildman–Crippen MR) is 61.8 cm³/mol. The van der Waals surface area contributed by atoms with Gasteiger partial charge in [-0.05, 0) is 6.42 Å².